The molecule has 0 rings (SSSR count). The first-order valence-corrected chi connectivity index (χ1v) is 26.4. The summed E-state index contributed by atoms with van der Waals surface area (Å²) in [5.41, 5.74) is 0. The highest BCUT2D eigenvalue weighted by atomic mass is 16.5. The molecule has 0 aliphatic heterocycles. The summed E-state index contributed by atoms with van der Waals surface area (Å²) in [6.07, 6.45) is 62.5. The Morgan fingerprint density at radius 3 is 1.31 bits per heavy atom. The third kappa shape index (κ3) is 47.1. The first-order valence-electron chi connectivity index (χ1n) is 26.4. The monoisotopic (exact) mass is 856 g/mol. The van der Waals surface area contributed by atoms with Crippen molar-refractivity contribution in [2.24, 2.45) is 0 Å². The van der Waals surface area contributed by atoms with E-state index in [-0.39, 0.29) is 18.5 Å². The Bertz CT molecular complexity index is 1040. The molecule has 1 amide bonds. The highest BCUT2D eigenvalue weighted by molar-refractivity contribution is 5.76. The zero-order valence-electron chi connectivity index (χ0n) is 40.4. The Balaban J connectivity index is 3.52. The van der Waals surface area contributed by atoms with E-state index in [4.69, 9.17) is 4.74 Å². The SMILES string of the molecule is CCCC/C=C\C/C=C\CCCCCCCC(=O)OCCCCCCCCC/C=C\CCCCCCCC(=O)NC(CO)C(O)/C=C/CCCCCCCCCCCCCC. The van der Waals surface area contributed by atoms with E-state index in [1.807, 2.05) is 6.08 Å². The molecule has 3 N–H and O–H groups in total. The van der Waals surface area contributed by atoms with Crippen molar-refractivity contribution in [2.45, 2.75) is 276 Å². The van der Waals surface area contributed by atoms with E-state index >= 15 is 0 Å². The second-order valence-electron chi connectivity index (χ2n) is 17.8. The number of unbranched alkanes of at least 4 members (excludes halogenated alkanes) is 31. The number of nitrogens with one attached hydrogen (secondary N) is 1. The van der Waals surface area contributed by atoms with Gasteiger partial charge in [-0.25, -0.2) is 0 Å². The van der Waals surface area contributed by atoms with Crippen molar-refractivity contribution < 1.29 is 24.5 Å². The van der Waals surface area contributed by atoms with Gasteiger partial charge in [-0.3, -0.25) is 9.59 Å². The van der Waals surface area contributed by atoms with Gasteiger partial charge in [-0.1, -0.05) is 217 Å². The van der Waals surface area contributed by atoms with Gasteiger partial charge in [0.15, 0.2) is 0 Å². The second kappa shape index (κ2) is 50.5. The zero-order chi connectivity index (χ0) is 44.4. The average Bonchev–Trinajstić information content (AvgIpc) is 3.26. The molecular formula is C55H101NO5. The summed E-state index contributed by atoms with van der Waals surface area (Å²) in [6, 6.07) is -0.641. The number of aliphatic hydroxyl groups excluding tert-OH is 2. The lowest BCUT2D eigenvalue weighted by Gasteiger charge is -2.20. The summed E-state index contributed by atoms with van der Waals surface area (Å²) in [5, 5.41) is 23.0. The predicted octanol–water partition coefficient (Wildman–Crippen LogP) is 15.8. The molecule has 0 saturated heterocycles. The summed E-state index contributed by atoms with van der Waals surface area (Å²) < 4.78 is 5.45. The van der Waals surface area contributed by atoms with E-state index in [2.05, 4.69) is 55.6 Å². The van der Waals surface area contributed by atoms with Gasteiger partial charge in [0, 0.05) is 12.8 Å². The van der Waals surface area contributed by atoms with Gasteiger partial charge in [-0.2, -0.15) is 0 Å². The molecule has 2 atom stereocenters. The molecule has 0 heterocycles. The third-order valence-corrected chi connectivity index (χ3v) is 11.8. The number of rotatable bonds is 48. The van der Waals surface area contributed by atoms with Crippen LogP contribution >= 0.6 is 0 Å². The molecule has 0 aromatic carbocycles. The molecule has 2 unspecified atom stereocenters. The van der Waals surface area contributed by atoms with Crippen molar-refractivity contribution in [3.63, 3.8) is 0 Å². The van der Waals surface area contributed by atoms with Crippen LogP contribution in [0.1, 0.15) is 264 Å². The van der Waals surface area contributed by atoms with Crippen LogP contribution in [0.4, 0.5) is 0 Å². The number of hydrogen-bond donors (Lipinski definition) is 3. The average molecular weight is 856 g/mol. The smallest absolute Gasteiger partial charge is 0.305 e. The predicted molar refractivity (Wildman–Crippen MR) is 264 cm³/mol. The van der Waals surface area contributed by atoms with Gasteiger partial charge in [-0.05, 0) is 83.5 Å². The molecular weight excluding hydrogens is 755 g/mol. The number of esters is 1. The van der Waals surface area contributed by atoms with Crippen molar-refractivity contribution in [3.8, 4) is 0 Å². The highest BCUT2D eigenvalue weighted by Crippen LogP contribution is 2.15. The van der Waals surface area contributed by atoms with Crippen LogP contribution in [-0.2, 0) is 14.3 Å². The van der Waals surface area contributed by atoms with Crippen LogP contribution in [0.15, 0.2) is 48.6 Å². The minimum atomic E-state index is -0.855. The molecule has 356 valence electrons. The standard InChI is InChI=1S/C55H101NO5/c1-3-5-7-9-11-13-15-17-23-27-31-35-39-43-47-53(58)52(51-57)56-54(59)48-44-40-36-32-28-24-21-19-20-22-26-30-34-38-42-46-50-61-55(60)49-45-41-37-33-29-25-18-16-14-12-10-8-6-4-2/h10,12,16,18-19,21,43,47,52-53,57-58H,3-9,11,13-15,17,20,22-42,44-46,48-51H2,1-2H3,(H,56,59)/b12-10-,18-16-,21-19-,47-43+. The lowest BCUT2D eigenvalue weighted by Crippen LogP contribution is -2.45. The summed E-state index contributed by atoms with van der Waals surface area (Å²) in [7, 11) is 0. The molecule has 0 fully saturated rings. The normalized spacial score (nSPS) is 13.0. The van der Waals surface area contributed by atoms with E-state index in [1.54, 1.807) is 6.08 Å². The van der Waals surface area contributed by atoms with Crippen molar-refractivity contribution >= 4 is 11.9 Å². The van der Waals surface area contributed by atoms with Crippen LogP contribution in [-0.4, -0.2) is 47.4 Å². The topological polar surface area (TPSA) is 95.9 Å². The Kier molecular flexibility index (Phi) is 48.7. The van der Waals surface area contributed by atoms with Crippen molar-refractivity contribution in [3.05, 3.63) is 48.6 Å². The largest absolute Gasteiger partial charge is 0.466 e. The minimum Gasteiger partial charge on any atom is -0.466 e. The highest BCUT2D eigenvalue weighted by Gasteiger charge is 2.18. The third-order valence-electron chi connectivity index (χ3n) is 11.8. The molecule has 0 aliphatic carbocycles. The molecule has 6 nitrogen and oxygen atoms in total. The maximum atomic E-state index is 12.4. The van der Waals surface area contributed by atoms with Crippen molar-refractivity contribution in [1.82, 2.24) is 5.32 Å². The number of ether oxygens (including phenoxy) is 1. The number of amides is 1. The Hall–Kier alpha value is -2.18. The zero-order valence-corrected chi connectivity index (χ0v) is 40.4. The van der Waals surface area contributed by atoms with Crippen molar-refractivity contribution in [1.29, 1.82) is 0 Å². The van der Waals surface area contributed by atoms with Crippen LogP contribution in [0, 0.1) is 0 Å². The summed E-state index contributed by atoms with van der Waals surface area (Å²) in [4.78, 5) is 24.4. The summed E-state index contributed by atoms with van der Waals surface area (Å²) in [6.45, 7) is 4.82. The lowest BCUT2D eigenvalue weighted by molar-refractivity contribution is -0.143. The van der Waals surface area contributed by atoms with E-state index < -0.39 is 12.1 Å². The molecule has 0 aliphatic rings. The number of carbonyl (C=O) groups excluding carboxylic acids is 2. The Morgan fingerprint density at radius 1 is 0.459 bits per heavy atom. The van der Waals surface area contributed by atoms with Crippen LogP contribution in [0.5, 0.6) is 0 Å². The van der Waals surface area contributed by atoms with Crippen LogP contribution in [0.2, 0.25) is 0 Å². The molecule has 0 bridgehead atoms. The molecule has 0 saturated carbocycles. The molecule has 61 heavy (non-hydrogen) atoms. The van der Waals surface area contributed by atoms with Gasteiger partial charge in [0.1, 0.15) is 0 Å². The maximum Gasteiger partial charge on any atom is 0.305 e. The first-order chi connectivity index (χ1) is 30.0. The minimum absolute atomic E-state index is 0.0194. The van der Waals surface area contributed by atoms with Gasteiger partial charge in [0.05, 0.1) is 25.4 Å². The second-order valence-corrected chi connectivity index (χ2v) is 17.8. The van der Waals surface area contributed by atoms with Gasteiger partial charge in [-0.15, -0.1) is 0 Å². The molecule has 0 radical (unpaired) electrons. The number of allylic oxidation sites excluding steroid dienone is 7. The van der Waals surface area contributed by atoms with Crippen LogP contribution in [0.25, 0.3) is 0 Å². The van der Waals surface area contributed by atoms with Gasteiger partial charge in [0.25, 0.3) is 0 Å². The quantitative estimate of drug-likeness (QED) is 0.0322. The van der Waals surface area contributed by atoms with Gasteiger partial charge in [0.2, 0.25) is 5.91 Å². The summed E-state index contributed by atoms with van der Waals surface area (Å²) >= 11 is 0. The molecule has 0 aromatic rings. The Labute approximate surface area is 378 Å². The fourth-order valence-corrected chi connectivity index (χ4v) is 7.70. The first kappa shape index (κ1) is 58.8. The van der Waals surface area contributed by atoms with E-state index in [0.29, 0.717) is 19.4 Å². The van der Waals surface area contributed by atoms with E-state index in [0.717, 1.165) is 70.6 Å². The van der Waals surface area contributed by atoms with Crippen molar-refractivity contribution in [2.75, 3.05) is 13.2 Å². The fraction of sp³-hybridized carbons (Fsp3) is 0.818. The number of carbonyl (C=O) groups is 2. The Morgan fingerprint density at radius 2 is 0.836 bits per heavy atom. The molecule has 0 spiro atoms. The summed E-state index contributed by atoms with van der Waals surface area (Å²) in [5.74, 6) is -0.106. The molecule has 6 heteroatoms. The van der Waals surface area contributed by atoms with Crippen LogP contribution < -0.4 is 5.32 Å². The van der Waals surface area contributed by atoms with Crippen LogP contribution in [0.3, 0.4) is 0 Å². The van der Waals surface area contributed by atoms with Gasteiger partial charge >= 0.3 is 5.97 Å². The number of aliphatic hydroxyl groups is 2. The van der Waals surface area contributed by atoms with E-state index in [9.17, 15) is 19.8 Å². The fourth-order valence-electron chi connectivity index (χ4n) is 7.70. The van der Waals surface area contributed by atoms with E-state index in [1.165, 1.54) is 167 Å². The van der Waals surface area contributed by atoms with Gasteiger partial charge < -0.3 is 20.3 Å². The molecule has 0 aromatic heterocycles. The lowest BCUT2D eigenvalue weighted by atomic mass is 10.0. The number of hydrogen-bond acceptors (Lipinski definition) is 5. The maximum absolute atomic E-state index is 12.4.